The molecule has 0 saturated carbocycles. The van der Waals surface area contributed by atoms with E-state index in [0.29, 0.717) is 12.6 Å². The Kier molecular flexibility index (Phi) is 3.86. The van der Waals surface area contributed by atoms with Crippen LogP contribution in [0.3, 0.4) is 0 Å². The molecule has 1 saturated heterocycles. The normalized spacial score (nSPS) is 20.4. The molecule has 0 aromatic heterocycles. The average Bonchev–Trinajstić information content (AvgIpc) is 2.39. The Morgan fingerprint density at radius 1 is 1.53 bits per heavy atom. The van der Waals surface area contributed by atoms with Gasteiger partial charge >= 0.3 is 0 Å². The Bertz CT molecular complexity index is 381. The molecule has 1 aromatic carbocycles. The molecule has 1 heterocycles. The summed E-state index contributed by atoms with van der Waals surface area (Å²) in [5.74, 6) is 0.938. The molecule has 17 heavy (non-hydrogen) atoms. The Hall–Kier alpha value is -1.26. The van der Waals surface area contributed by atoms with Crippen molar-refractivity contribution in [2.45, 2.75) is 13.0 Å². The molecule has 2 rings (SSSR count). The van der Waals surface area contributed by atoms with Crippen molar-refractivity contribution >= 4 is 5.69 Å². The summed E-state index contributed by atoms with van der Waals surface area (Å²) in [4.78, 5) is 2.35. The van der Waals surface area contributed by atoms with Crippen molar-refractivity contribution < 1.29 is 4.74 Å². The van der Waals surface area contributed by atoms with E-state index in [1.165, 1.54) is 11.3 Å². The lowest BCUT2D eigenvalue weighted by Crippen LogP contribution is -2.53. The molecule has 0 spiro atoms. The number of nitrogens with zero attached hydrogens (tertiary/aromatic N) is 1. The molecule has 1 aliphatic heterocycles. The van der Waals surface area contributed by atoms with E-state index < -0.39 is 0 Å². The van der Waals surface area contributed by atoms with Gasteiger partial charge in [-0.15, -0.1) is 0 Å². The van der Waals surface area contributed by atoms with Gasteiger partial charge in [-0.1, -0.05) is 6.07 Å². The van der Waals surface area contributed by atoms with Crippen LogP contribution >= 0.6 is 0 Å². The van der Waals surface area contributed by atoms with Crippen LogP contribution in [0, 0.1) is 6.92 Å². The maximum absolute atomic E-state index is 5.72. The highest BCUT2D eigenvalue weighted by Gasteiger charge is 2.20. The van der Waals surface area contributed by atoms with Crippen molar-refractivity contribution in [1.29, 1.82) is 0 Å². The summed E-state index contributed by atoms with van der Waals surface area (Å²) in [5, 5.41) is 3.41. The average molecular weight is 235 g/mol. The molecule has 1 fully saturated rings. The molecule has 1 aliphatic rings. The van der Waals surface area contributed by atoms with Gasteiger partial charge in [0.1, 0.15) is 5.75 Å². The van der Waals surface area contributed by atoms with Gasteiger partial charge in [0, 0.05) is 32.2 Å². The quantitative estimate of drug-likeness (QED) is 0.811. The summed E-state index contributed by atoms with van der Waals surface area (Å²) < 4.78 is 5.43. The monoisotopic (exact) mass is 235 g/mol. The van der Waals surface area contributed by atoms with Crippen molar-refractivity contribution in [2.24, 2.45) is 5.73 Å². The number of rotatable bonds is 3. The van der Waals surface area contributed by atoms with E-state index in [1.54, 1.807) is 7.11 Å². The summed E-state index contributed by atoms with van der Waals surface area (Å²) in [5.41, 5.74) is 8.15. The third-order valence-electron chi connectivity index (χ3n) is 3.22. The first-order chi connectivity index (χ1) is 8.24. The zero-order chi connectivity index (χ0) is 12.3. The van der Waals surface area contributed by atoms with E-state index >= 15 is 0 Å². The third-order valence-corrected chi connectivity index (χ3v) is 3.22. The fourth-order valence-electron chi connectivity index (χ4n) is 2.25. The second-order valence-electron chi connectivity index (χ2n) is 4.51. The number of hydrogen-bond acceptors (Lipinski definition) is 4. The van der Waals surface area contributed by atoms with Crippen LogP contribution in [0.5, 0.6) is 5.75 Å². The number of aryl methyl sites for hydroxylation is 1. The van der Waals surface area contributed by atoms with Gasteiger partial charge in [0.15, 0.2) is 0 Å². The molecular formula is C13H21N3O. The summed E-state index contributed by atoms with van der Waals surface area (Å²) >= 11 is 0. The SMILES string of the molecule is COc1ccc(C)cc1N1CCNC(CN)C1. The molecule has 0 radical (unpaired) electrons. The number of nitrogens with two attached hydrogens (primary N) is 1. The van der Waals surface area contributed by atoms with Crippen molar-refractivity contribution in [1.82, 2.24) is 5.32 Å². The molecular weight excluding hydrogens is 214 g/mol. The molecule has 1 unspecified atom stereocenters. The topological polar surface area (TPSA) is 50.5 Å². The van der Waals surface area contributed by atoms with E-state index in [-0.39, 0.29) is 0 Å². The predicted octanol–water partition coefficient (Wildman–Crippen LogP) is 0.741. The smallest absolute Gasteiger partial charge is 0.142 e. The fourth-order valence-corrected chi connectivity index (χ4v) is 2.25. The van der Waals surface area contributed by atoms with Crippen LogP contribution in [0.15, 0.2) is 18.2 Å². The maximum Gasteiger partial charge on any atom is 0.142 e. The van der Waals surface area contributed by atoms with E-state index in [4.69, 9.17) is 10.5 Å². The van der Waals surface area contributed by atoms with Gasteiger partial charge in [-0.2, -0.15) is 0 Å². The van der Waals surface area contributed by atoms with Gasteiger partial charge in [0.25, 0.3) is 0 Å². The number of anilines is 1. The molecule has 0 aliphatic carbocycles. The second kappa shape index (κ2) is 5.38. The van der Waals surface area contributed by atoms with Crippen molar-refractivity contribution in [2.75, 3.05) is 38.2 Å². The maximum atomic E-state index is 5.72. The minimum absolute atomic E-state index is 0.369. The number of piperazine rings is 1. The lowest BCUT2D eigenvalue weighted by molar-refractivity contribution is 0.408. The number of benzene rings is 1. The minimum Gasteiger partial charge on any atom is -0.495 e. The van der Waals surface area contributed by atoms with Gasteiger partial charge < -0.3 is 20.7 Å². The first-order valence-corrected chi connectivity index (χ1v) is 6.07. The molecule has 3 N–H and O–H groups in total. The lowest BCUT2D eigenvalue weighted by atomic mass is 10.1. The van der Waals surface area contributed by atoms with E-state index in [1.807, 2.05) is 6.07 Å². The van der Waals surface area contributed by atoms with Crippen LogP contribution < -0.4 is 20.7 Å². The summed E-state index contributed by atoms with van der Waals surface area (Å²) in [6.45, 7) is 5.68. The van der Waals surface area contributed by atoms with Gasteiger partial charge in [0.05, 0.1) is 12.8 Å². The van der Waals surface area contributed by atoms with Crippen LogP contribution in [0.4, 0.5) is 5.69 Å². The number of ether oxygens (including phenoxy) is 1. The highest BCUT2D eigenvalue weighted by Crippen LogP contribution is 2.29. The van der Waals surface area contributed by atoms with E-state index in [2.05, 4.69) is 29.3 Å². The molecule has 4 nitrogen and oxygen atoms in total. The van der Waals surface area contributed by atoms with Crippen LogP contribution in [-0.2, 0) is 0 Å². The Balaban J connectivity index is 2.22. The van der Waals surface area contributed by atoms with Gasteiger partial charge in [-0.3, -0.25) is 0 Å². The first kappa shape index (κ1) is 12.2. The van der Waals surface area contributed by atoms with Crippen molar-refractivity contribution in [3.8, 4) is 5.75 Å². The zero-order valence-electron chi connectivity index (χ0n) is 10.6. The Morgan fingerprint density at radius 2 is 2.35 bits per heavy atom. The molecule has 0 amide bonds. The molecule has 4 heteroatoms. The van der Waals surface area contributed by atoms with Crippen molar-refractivity contribution in [3.63, 3.8) is 0 Å². The molecule has 1 atom stereocenters. The zero-order valence-corrected chi connectivity index (χ0v) is 10.6. The van der Waals surface area contributed by atoms with E-state index in [0.717, 1.165) is 25.4 Å². The third kappa shape index (κ3) is 2.70. The van der Waals surface area contributed by atoms with Crippen molar-refractivity contribution in [3.05, 3.63) is 23.8 Å². The lowest BCUT2D eigenvalue weighted by Gasteiger charge is -2.35. The molecule has 94 valence electrons. The summed E-state index contributed by atoms with van der Waals surface area (Å²) in [7, 11) is 1.72. The Labute approximate surface area is 103 Å². The van der Waals surface area contributed by atoms with Crippen LogP contribution in [0.25, 0.3) is 0 Å². The highest BCUT2D eigenvalue weighted by atomic mass is 16.5. The molecule has 0 bridgehead atoms. The van der Waals surface area contributed by atoms with Crippen LogP contribution in [0.2, 0.25) is 0 Å². The second-order valence-corrected chi connectivity index (χ2v) is 4.51. The van der Waals surface area contributed by atoms with Gasteiger partial charge in [0.2, 0.25) is 0 Å². The highest BCUT2D eigenvalue weighted by molar-refractivity contribution is 5.60. The van der Waals surface area contributed by atoms with Crippen LogP contribution in [0.1, 0.15) is 5.56 Å². The minimum atomic E-state index is 0.369. The number of hydrogen-bond donors (Lipinski definition) is 2. The number of methoxy groups -OCH3 is 1. The summed E-state index contributed by atoms with van der Waals surface area (Å²) in [6, 6.07) is 6.65. The summed E-state index contributed by atoms with van der Waals surface area (Å²) in [6.07, 6.45) is 0. The molecule has 1 aromatic rings. The largest absolute Gasteiger partial charge is 0.495 e. The van der Waals surface area contributed by atoms with E-state index in [9.17, 15) is 0 Å². The predicted molar refractivity (Wildman–Crippen MR) is 70.8 cm³/mol. The van der Waals surface area contributed by atoms with Crippen LogP contribution in [-0.4, -0.2) is 39.3 Å². The van der Waals surface area contributed by atoms with Gasteiger partial charge in [-0.05, 0) is 24.6 Å². The first-order valence-electron chi connectivity index (χ1n) is 6.07. The Morgan fingerprint density at radius 3 is 3.06 bits per heavy atom. The number of nitrogens with one attached hydrogen (secondary N) is 1. The van der Waals surface area contributed by atoms with Gasteiger partial charge in [-0.25, -0.2) is 0 Å². The standard InChI is InChI=1S/C13H21N3O/c1-10-3-4-13(17-2)12(7-10)16-6-5-15-11(8-14)9-16/h3-4,7,11,15H,5-6,8-9,14H2,1-2H3. The fraction of sp³-hybridized carbons (Fsp3) is 0.538.